The van der Waals surface area contributed by atoms with Crippen molar-refractivity contribution < 1.29 is 41.4 Å². The number of benzene rings is 2. The van der Waals surface area contributed by atoms with Gasteiger partial charge in [0.1, 0.15) is 23.5 Å². The number of carbonyl (C=O) groups is 2. The maximum atomic E-state index is 13.5. The highest BCUT2D eigenvalue weighted by molar-refractivity contribution is 5.93. The Labute approximate surface area is 234 Å². The van der Waals surface area contributed by atoms with Gasteiger partial charge in [0, 0.05) is 22.7 Å². The van der Waals surface area contributed by atoms with Gasteiger partial charge in [-0.15, -0.1) is 0 Å². The van der Waals surface area contributed by atoms with Crippen molar-refractivity contribution in [2.75, 3.05) is 7.11 Å². The average Bonchev–Trinajstić information content (AvgIpc) is 3.35. The third kappa shape index (κ3) is 7.77. The summed E-state index contributed by atoms with van der Waals surface area (Å²) in [6, 6.07) is 14.4. The summed E-state index contributed by atoms with van der Waals surface area (Å²) in [6.07, 6.45) is -3.81. The van der Waals surface area contributed by atoms with E-state index in [0.29, 0.717) is 33.7 Å². The number of nitrogens with one attached hydrogen (secondary N) is 1. The quantitative estimate of drug-likeness (QED) is 0.232. The van der Waals surface area contributed by atoms with E-state index >= 15 is 0 Å². The molecule has 0 spiro atoms. The molecule has 0 aliphatic carbocycles. The summed E-state index contributed by atoms with van der Waals surface area (Å²) in [6.45, 7) is 5.26. The molecule has 0 unspecified atom stereocenters. The molecule has 0 bridgehead atoms. The van der Waals surface area contributed by atoms with Crippen LogP contribution in [0.5, 0.6) is 5.75 Å². The van der Waals surface area contributed by atoms with Crippen LogP contribution in [0, 0.1) is 0 Å². The fraction of sp³-hybridized carbons (Fsp3) is 0.300. The number of alkyl carbamates (subject to hydrolysis) is 1. The zero-order valence-corrected chi connectivity index (χ0v) is 22.9. The molecule has 11 heteroatoms. The Hall–Kier alpha value is -4.54. The second kappa shape index (κ2) is 11.9. The molecule has 0 fully saturated rings. The van der Waals surface area contributed by atoms with Crippen molar-refractivity contribution in [1.82, 2.24) is 10.3 Å². The number of furan rings is 1. The number of halogens is 3. The van der Waals surface area contributed by atoms with Crippen LogP contribution in [0.25, 0.3) is 22.1 Å². The number of alkyl halides is 3. The van der Waals surface area contributed by atoms with Crippen LogP contribution in [0.3, 0.4) is 0 Å². The summed E-state index contributed by atoms with van der Waals surface area (Å²) in [5, 5.41) is 2.86. The number of methoxy groups -OCH3 is 1. The molecular weight excluding hydrogens is 541 g/mol. The summed E-state index contributed by atoms with van der Waals surface area (Å²) in [5.41, 5.74) is 1.93. The van der Waals surface area contributed by atoms with Crippen LogP contribution < -0.4 is 10.1 Å². The van der Waals surface area contributed by atoms with E-state index in [4.69, 9.17) is 18.6 Å². The van der Waals surface area contributed by atoms with Crippen LogP contribution in [0.4, 0.5) is 18.0 Å². The van der Waals surface area contributed by atoms with Crippen LogP contribution in [-0.2, 0) is 40.0 Å². The number of fused-ring (bicyclic) bond motifs is 1. The highest BCUT2D eigenvalue weighted by atomic mass is 19.4. The number of carbonyl (C=O) groups excluding carboxylic acids is 2. The third-order valence-electron chi connectivity index (χ3n) is 5.83. The van der Waals surface area contributed by atoms with Gasteiger partial charge in [0.05, 0.1) is 25.8 Å². The molecule has 0 saturated heterocycles. The van der Waals surface area contributed by atoms with E-state index in [2.05, 4.69) is 10.3 Å². The fourth-order valence-electron chi connectivity index (χ4n) is 4.05. The van der Waals surface area contributed by atoms with Gasteiger partial charge in [-0.2, -0.15) is 13.2 Å². The van der Waals surface area contributed by atoms with Crippen molar-refractivity contribution in [2.24, 2.45) is 0 Å². The number of amides is 1. The van der Waals surface area contributed by atoms with E-state index < -0.39 is 29.6 Å². The molecule has 1 N–H and O–H groups in total. The third-order valence-corrected chi connectivity index (χ3v) is 5.83. The molecule has 2 aromatic carbocycles. The Morgan fingerprint density at radius 3 is 2.49 bits per heavy atom. The van der Waals surface area contributed by atoms with Gasteiger partial charge in [0.15, 0.2) is 0 Å². The number of hydrogen-bond donors (Lipinski definition) is 1. The molecule has 216 valence electrons. The fourth-order valence-corrected chi connectivity index (χ4v) is 4.05. The summed E-state index contributed by atoms with van der Waals surface area (Å²) in [7, 11) is 1.29. The van der Waals surface area contributed by atoms with Crippen molar-refractivity contribution in [1.29, 1.82) is 0 Å². The minimum absolute atomic E-state index is 0.00472. The number of para-hydroxylation sites is 1. The van der Waals surface area contributed by atoms with E-state index in [1.54, 1.807) is 69.3 Å². The minimum atomic E-state index is -4.68. The highest BCUT2D eigenvalue weighted by Gasteiger charge is 2.35. The first-order valence-corrected chi connectivity index (χ1v) is 12.7. The standard InChI is InChI=1S/C30H29F3N2O6/c1-29(2,3)41-28(37)35-16-22-13-19(9-10-34-22)23-12-18(11-21-14-25(30(31,32)33)40-27(21)23)17-39-24-8-6-5-7-20(24)15-26(36)38-4/h5-14H,15-17H2,1-4H3,(H,35,37). The first-order valence-electron chi connectivity index (χ1n) is 12.7. The molecule has 4 aromatic rings. The van der Waals surface area contributed by atoms with Crippen molar-refractivity contribution in [3.05, 3.63) is 83.4 Å². The largest absolute Gasteiger partial charge is 0.489 e. The molecule has 2 aromatic heterocycles. The molecule has 0 radical (unpaired) electrons. The van der Waals surface area contributed by atoms with Crippen molar-refractivity contribution in [3.8, 4) is 16.9 Å². The molecule has 0 aliphatic rings. The predicted octanol–water partition coefficient (Wildman–Crippen LogP) is 6.83. The van der Waals surface area contributed by atoms with E-state index in [1.165, 1.54) is 13.3 Å². The SMILES string of the molecule is COC(=O)Cc1ccccc1OCc1cc(-c2ccnc(CNC(=O)OC(C)(C)C)c2)c2oc(C(F)(F)F)cc2c1. The summed E-state index contributed by atoms with van der Waals surface area (Å²) >= 11 is 0. The monoisotopic (exact) mass is 570 g/mol. The molecule has 0 saturated carbocycles. The van der Waals surface area contributed by atoms with Crippen LogP contribution in [0.1, 0.15) is 43.4 Å². The van der Waals surface area contributed by atoms with Crippen molar-refractivity contribution >= 4 is 23.0 Å². The van der Waals surface area contributed by atoms with Gasteiger partial charge in [0.25, 0.3) is 0 Å². The predicted molar refractivity (Wildman–Crippen MR) is 144 cm³/mol. The molecular formula is C30H29F3N2O6. The molecule has 8 nitrogen and oxygen atoms in total. The summed E-state index contributed by atoms with van der Waals surface area (Å²) in [4.78, 5) is 28.1. The van der Waals surface area contributed by atoms with E-state index in [9.17, 15) is 22.8 Å². The summed E-state index contributed by atoms with van der Waals surface area (Å²) in [5.74, 6) is -1.12. The van der Waals surface area contributed by atoms with Crippen LogP contribution in [-0.4, -0.2) is 29.8 Å². The molecule has 2 heterocycles. The van der Waals surface area contributed by atoms with E-state index in [0.717, 1.165) is 6.07 Å². The molecule has 0 atom stereocenters. The highest BCUT2D eigenvalue weighted by Crippen LogP contribution is 2.38. The second-order valence-corrected chi connectivity index (χ2v) is 10.2. The minimum Gasteiger partial charge on any atom is -0.489 e. The van der Waals surface area contributed by atoms with Crippen LogP contribution >= 0.6 is 0 Å². The second-order valence-electron chi connectivity index (χ2n) is 10.2. The topological polar surface area (TPSA) is 99.9 Å². The number of pyridine rings is 1. The first-order chi connectivity index (χ1) is 19.3. The number of esters is 1. The number of rotatable bonds is 8. The van der Waals surface area contributed by atoms with Crippen molar-refractivity contribution in [3.63, 3.8) is 0 Å². The van der Waals surface area contributed by atoms with Crippen LogP contribution in [0.15, 0.2) is 65.2 Å². The molecule has 41 heavy (non-hydrogen) atoms. The molecule has 4 rings (SSSR count). The number of aromatic nitrogens is 1. The number of nitrogens with zero attached hydrogens (tertiary/aromatic N) is 1. The molecule has 1 amide bonds. The van der Waals surface area contributed by atoms with E-state index in [1.807, 2.05) is 0 Å². The first kappa shape index (κ1) is 29.4. The van der Waals surface area contributed by atoms with Gasteiger partial charge in [-0.05, 0) is 68.3 Å². The summed E-state index contributed by atoms with van der Waals surface area (Å²) < 4.78 is 61.9. The maximum Gasteiger partial charge on any atom is 0.449 e. The van der Waals surface area contributed by atoms with Crippen molar-refractivity contribution in [2.45, 2.75) is 52.1 Å². The Balaban J connectivity index is 1.66. The number of hydrogen-bond acceptors (Lipinski definition) is 7. The Bertz CT molecular complexity index is 1560. The lowest BCUT2D eigenvalue weighted by atomic mass is 10.0. The lowest BCUT2D eigenvalue weighted by Crippen LogP contribution is -2.32. The van der Waals surface area contributed by atoms with Gasteiger partial charge in [-0.1, -0.05) is 18.2 Å². The zero-order valence-electron chi connectivity index (χ0n) is 22.9. The Kier molecular flexibility index (Phi) is 8.55. The van der Waals surface area contributed by atoms with Crippen LogP contribution in [0.2, 0.25) is 0 Å². The smallest absolute Gasteiger partial charge is 0.449 e. The van der Waals surface area contributed by atoms with Gasteiger partial charge >= 0.3 is 18.2 Å². The Morgan fingerprint density at radius 1 is 1.02 bits per heavy atom. The normalized spacial score (nSPS) is 11.8. The lowest BCUT2D eigenvalue weighted by molar-refractivity contribution is -0.152. The van der Waals surface area contributed by atoms with Gasteiger partial charge in [-0.3, -0.25) is 9.78 Å². The van der Waals surface area contributed by atoms with Gasteiger partial charge in [-0.25, -0.2) is 4.79 Å². The van der Waals surface area contributed by atoms with Gasteiger partial charge in [0.2, 0.25) is 5.76 Å². The zero-order chi connectivity index (χ0) is 29.8. The lowest BCUT2D eigenvalue weighted by Gasteiger charge is -2.19. The Morgan fingerprint density at radius 2 is 1.78 bits per heavy atom. The molecule has 0 aliphatic heterocycles. The maximum absolute atomic E-state index is 13.5. The number of ether oxygens (including phenoxy) is 3. The van der Waals surface area contributed by atoms with E-state index in [-0.39, 0.29) is 30.5 Å². The van der Waals surface area contributed by atoms with Gasteiger partial charge < -0.3 is 23.9 Å². The average molecular weight is 571 g/mol.